The fourth-order valence-corrected chi connectivity index (χ4v) is 2.83. The van der Waals surface area contributed by atoms with Gasteiger partial charge in [-0.15, -0.1) is 16.8 Å². The fourth-order valence-electron chi connectivity index (χ4n) is 1.75. The number of hydrogen-bond acceptors (Lipinski definition) is 4. The van der Waals surface area contributed by atoms with Crippen molar-refractivity contribution >= 4 is 17.7 Å². The second-order valence-electron chi connectivity index (χ2n) is 3.95. The summed E-state index contributed by atoms with van der Waals surface area (Å²) in [5.41, 5.74) is 0. The van der Waals surface area contributed by atoms with Crippen LogP contribution in [0, 0.1) is 0 Å². The van der Waals surface area contributed by atoms with E-state index >= 15 is 0 Å². The van der Waals surface area contributed by atoms with Crippen LogP contribution < -0.4 is 5.32 Å². The topological polar surface area (TPSA) is 59.8 Å². The van der Waals surface area contributed by atoms with Crippen molar-refractivity contribution in [2.45, 2.75) is 36.2 Å². The molecule has 1 aliphatic rings. The Hall–Kier alpha value is -1.30. The molecule has 1 fully saturated rings. The Morgan fingerprint density at radius 2 is 2.53 bits per heavy atom. The van der Waals surface area contributed by atoms with E-state index in [-0.39, 0.29) is 11.2 Å². The molecule has 0 bridgehead atoms. The van der Waals surface area contributed by atoms with E-state index in [1.54, 1.807) is 12.4 Å². The van der Waals surface area contributed by atoms with Gasteiger partial charge in [-0.25, -0.2) is 0 Å². The van der Waals surface area contributed by atoms with Crippen LogP contribution in [-0.2, 0) is 11.3 Å². The molecule has 1 N–H and O–H groups in total. The zero-order valence-electron chi connectivity index (χ0n) is 9.63. The van der Waals surface area contributed by atoms with Crippen molar-refractivity contribution in [2.24, 2.45) is 0 Å². The molecule has 5 nitrogen and oxygen atoms in total. The lowest BCUT2D eigenvalue weighted by atomic mass is 10.2. The summed E-state index contributed by atoms with van der Waals surface area (Å²) in [6.45, 7) is 5.15. The fraction of sp³-hybridized carbons (Fsp3) is 0.545. The molecule has 0 aromatic carbocycles. The highest BCUT2D eigenvalue weighted by molar-refractivity contribution is 8.00. The third kappa shape index (κ3) is 3.09. The number of allylic oxidation sites excluding steroid dienone is 1. The summed E-state index contributed by atoms with van der Waals surface area (Å²) in [6, 6.07) is 0. The Morgan fingerprint density at radius 1 is 1.65 bits per heavy atom. The van der Waals surface area contributed by atoms with Crippen molar-refractivity contribution in [3.63, 3.8) is 0 Å². The smallest absolute Gasteiger partial charge is 0.233 e. The van der Waals surface area contributed by atoms with Crippen molar-refractivity contribution in [1.82, 2.24) is 20.1 Å². The first kappa shape index (κ1) is 12.2. The second-order valence-corrected chi connectivity index (χ2v) is 5.12. The number of nitrogens with one attached hydrogen (secondary N) is 1. The van der Waals surface area contributed by atoms with Gasteiger partial charge in [0.2, 0.25) is 5.91 Å². The van der Waals surface area contributed by atoms with E-state index in [0.29, 0.717) is 6.54 Å². The Kier molecular flexibility index (Phi) is 4.19. The summed E-state index contributed by atoms with van der Waals surface area (Å²) in [7, 11) is 0. The van der Waals surface area contributed by atoms with E-state index < -0.39 is 0 Å². The molecule has 1 saturated heterocycles. The van der Waals surface area contributed by atoms with Crippen LogP contribution in [0.15, 0.2) is 24.1 Å². The normalized spacial score (nSPS) is 20.7. The quantitative estimate of drug-likeness (QED) is 0.819. The molecule has 1 atom stereocenters. The van der Waals surface area contributed by atoms with Crippen molar-refractivity contribution in [3.8, 4) is 0 Å². The van der Waals surface area contributed by atoms with E-state index in [4.69, 9.17) is 0 Å². The molecule has 92 valence electrons. The van der Waals surface area contributed by atoms with Crippen LogP contribution >= 0.6 is 11.8 Å². The molecule has 0 aliphatic carbocycles. The van der Waals surface area contributed by atoms with Crippen molar-refractivity contribution in [2.75, 3.05) is 6.54 Å². The number of rotatable bonds is 4. The van der Waals surface area contributed by atoms with E-state index in [2.05, 4.69) is 22.1 Å². The summed E-state index contributed by atoms with van der Waals surface area (Å²) in [5.74, 6) is 0.112. The maximum atomic E-state index is 11.8. The summed E-state index contributed by atoms with van der Waals surface area (Å²) < 4.78 is 1.90. The minimum absolute atomic E-state index is 0.0507. The zero-order valence-corrected chi connectivity index (χ0v) is 10.4. The number of carbonyl (C=O) groups excluding carboxylic acids is 1. The molecule has 0 radical (unpaired) electrons. The van der Waals surface area contributed by atoms with Crippen LogP contribution in [0.2, 0.25) is 0 Å². The number of thioether (sulfide) groups is 1. The number of nitrogens with zero attached hydrogens (tertiary/aromatic N) is 3. The van der Waals surface area contributed by atoms with Crippen LogP contribution in [0.4, 0.5) is 0 Å². The molecule has 0 spiro atoms. The van der Waals surface area contributed by atoms with Crippen LogP contribution in [0.25, 0.3) is 0 Å². The standard InChI is InChI=1S/C11H16N4OS/c1-2-7-15-8-13-14-11(15)17-9-5-3-4-6-12-10(9)16/h2,8-9H,1,3-7H2,(H,12,16)/t9-/m1/s1. The van der Waals surface area contributed by atoms with Crippen LogP contribution in [-0.4, -0.2) is 32.5 Å². The lowest BCUT2D eigenvalue weighted by Crippen LogP contribution is -2.30. The van der Waals surface area contributed by atoms with Gasteiger partial charge in [0.25, 0.3) is 0 Å². The van der Waals surface area contributed by atoms with E-state index in [1.165, 1.54) is 11.8 Å². The van der Waals surface area contributed by atoms with Crippen LogP contribution in [0.5, 0.6) is 0 Å². The highest BCUT2D eigenvalue weighted by Crippen LogP contribution is 2.26. The molecular formula is C11H16N4OS. The number of amides is 1. The average Bonchev–Trinajstić information content (AvgIpc) is 2.64. The van der Waals surface area contributed by atoms with Gasteiger partial charge in [0.1, 0.15) is 6.33 Å². The molecule has 1 aliphatic heterocycles. The second kappa shape index (κ2) is 5.86. The summed E-state index contributed by atoms with van der Waals surface area (Å²) in [6.07, 6.45) is 6.49. The third-order valence-corrected chi connectivity index (χ3v) is 3.90. The predicted molar refractivity (Wildman–Crippen MR) is 66.7 cm³/mol. The van der Waals surface area contributed by atoms with Crippen molar-refractivity contribution in [3.05, 3.63) is 19.0 Å². The first-order valence-corrected chi connectivity index (χ1v) is 6.62. The van der Waals surface area contributed by atoms with E-state index in [9.17, 15) is 4.79 Å². The Morgan fingerprint density at radius 3 is 3.35 bits per heavy atom. The van der Waals surface area contributed by atoms with Gasteiger partial charge >= 0.3 is 0 Å². The number of aromatic nitrogens is 3. The average molecular weight is 252 g/mol. The minimum atomic E-state index is -0.0507. The molecule has 1 amide bonds. The van der Waals surface area contributed by atoms with Crippen molar-refractivity contribution < 1.29 is 4.79 Å². The highest BCUT2D eigenvalue weighted by atomic mass is 32.2. The van der Waals surface area contributed by atoms with Gasteiger partial charge in [-0.1, -0.05) is 24.3 Å². The first-order valence-electron chi connectivity index (χ1n) is 5.74. The number of carbonyl (C=O) groups is 1. The molecule has 1 aromatic rings. The maximum Gasteiger partial charge on any atom is 0.233 e. The summed E-state index contributed by atoms with van der Waals surface area (Å²) in [4.78, 5) is 11.8. The Bertz CT molecular complexity index is 404. The Balaban J connectivity index is 2.05. The minimum Gasteiger partial charge on any atom is -0.355 e. The lowest BCUT2D eigenvalue weighted by molar-refractivity contribution is -0.120. The molecule has 17 heavy (non-hydrogen) atoms. The molecule has 2 rings (SSSR count). The lowest BCUT2D eigenvalue weighted by Gasteiger charge is -2.12. The van der Waals surface area contributed by atoms with Crippen LogP contribution in [0.3, 0.4) is 0 Å². The molecule has 0 saturated carbocycles. The molecular weight excluding hydrogens is 236 g/mol. The third-order valence-electron chi connectivity index (χ3n) is 2.64. The van der Waals surface area contributed by atoms with Gasteiger partial charge in [-0.05, 0) is 12.8 Å². The highest BCUT2D eigenvalue weighted by Gasteiger charge is 2.23. The Labute approximate surface area is 105 Å². The van der Waals surface area contributed by atoms with E-state index in [1.807, 2.05) is 4.57 Å². The van der Waals surface area contributed by atoms with E-state index in [0.717, 1.165) is 31.0 Å². The number of hydrogen-bond donors (Lipinski definition) is 1. The molecule has 1 aromatic heterocycles. The molecule has 2 heterocycles. The first-order chi connectivity index (χ1) is 8.31. The molecule has 0 unspecified atom stereocenters. The van der Waals surface area contributed by atoms with Crippen LogP contribution in [0.1, 0.15) is 19.3 Å². The molecule has 6 heteroatoms. The van der Waals surface area contributed by atoms with Crippen molar-refractivity contribution in [1.29, 1.82) is 0 Å². The van der Waals surface area contributed by atoms with Gasteiger partial charge in [0.15, 0.2) is 5.16 Å². The van der Waals surface area contributed by atoms with Gasteiger partial charge in [0.05, 0.1) is 5.25 Å². The predicted octanol–water partition coefficient (Wildman–Crippen LogP) is 1.22. The zero-order chi connectivity index (χ0) is 12.1. The van der Waals surface area contributed by atoms with Gasteiger partial charge in [-0.2, -0.15) is 0 Å². The summed E-state index contributed by atoms with van der Waals surface area (Å²) in [5, 5.41) is 11.6. The monoisotopic (exact) mass is 252 g/mol. The summed E-state index contributed by atoms with van der Waals surface area (Å²) >= 11 is 1.49. The van der Waals surface area contributed by atoms with Gasteiger partial charge in [0, 0.05) is 13.1 Å². The SMILES string of the molecule is C=CCn1cnnc1S[C@@H]1CCCCNC1=O. The van der Waals surface area contributed by atoms with Gasteiger partial charge < -0.3 is 9.88 Å². The largest absolute Gasteiger partial charge is 0.355 e. The van der Waals surface area contributed by atoms with Gasteiger partial charge in [-0.3, -0.25) is 4.79 Å². The maximum absolute atomic E-state index is 11.8.